The largest absolute Gasteiger partial charge is 0.309 e. The lowest BCUT2D eigenvalue weighted by atomic mass is 9.67. The zero-order valence-corrected chi connectivity index (χ0v) is 27.0. The predicted molar refractivity (Wildman–Crippen MR) is 204 cm³/mol. The van der Waals surface area contributed by atoms with Crippen molar-refractivity contribution in [2.45, 2.75) is 19.3 Å². The SMILES string of the molecule is CC1(C)c2ccccc2-c2c3ccccc3c(-c3cccc(-c4ccc5c6ccccc6n(-c6ccccc6)c5c4)c3)c3cccc1c23. The highest BCUT2D eigenvalue weighted by Gasteiger charge is 2.35. The highest BCUT2D eigenvalue weighted by Crippen LogP contribution is 2.53. The lowest BCUT2D eigenvalue weighted by Crippen LogP contribution is -2.23. The van der Waals surface area contributed by atoms with Crippen LogP contribution in [0.2, 0.25) is 0 Å². The zero-order chi connectivity index (χ0) is 32.0. The lowest BCUT2D eigenvalue weighted by Gasteiger charge is -2.36. The molecule has 226 valence electrons. The van der Waals surface area contributed by atoms with Gasteiger partial charge in [-0.3, -0.25) is 0 Å². The molecule has 0 aliphatic heterocycles. The first kappa shape index (κ1) is 27.2. The maximum Gasteiger partial charge on any atom is 0.0547 e. The number of rotatable bonds is 3. The molecule has 1 heterocycles. The van der Waals surface area contributed by atoms with Gasteiger partial charge < -0.3 is 4.57 Å². The zero-order valence-electron chi connectivity index (χ0n) is 27.0. The molecule has 8 aromatic carbocycles. The Hall–Kier alpha value is -5.92. The monoisotopic (exact) mass is 611 g/mol. The summed E-state index contributed by atoms with van der Waals surface area (Å²) < 4.78 is 2.40. The Balaban J connectivity index is 1.23. The molecule has 0 N–H and O–H groups in total. The Morgan fingerprint density at radius 3 is 1.85 bits per heavy atom. The van der Waals surface area contributed by atoms with Gasteiger partial charge in [0.25, 0.3) is 0 Å². The van der Waals surface area contributed by atoms with Crippen LogP contribution in [0.15, 0.2) is 164 Å². The molecule has 1 heteroatoms. The number of benzene rings is 8. The summed E-state index contributed by atoms with van der Waals surface area (Å²) >= 11 is 0. The fraction of sp³-hybridized carbons (Fsp3) is 0.0638. The van der Waals surface area contributed by atoms with E-state index < -0.39 is 0 Å². The van der Waals surface area contributed by atoms with E-state index in [2.05, 4.69) is 182 Å². The number of nitrogens with zero attached hydrogens (tertiary/aromatic N) is 1. The lowest BCUT2D eigenvalue weighted by molar-refractivity contribution is 0.645. The summed E-state index contributed by atoms with van der Waals surface area (Å²) in [5.74, 6) is 0. The average Bonchev–Trinajstić information content (AvgIpc) is 3.47. The van der Waals surface area contributed by atoms with Crippen LogP contribution in [0.4, 0.5) is 0 Å². The van der Waals surface area contributed by atoms with Gasteiger partial charge in [-0.15, -0.1) is 0 Å². The van der Waals surface area contributed by atoms with Gasteiger partial charge in [0.05, 0.1) is 11.0 Å². The Bertz CT molecular complexity index is 2740. The summed E-state index contributed by atoms with van der Waals surface area (Å²) in [5.41, 5.74) is 14.0. The molecule has 9 aromatic rings. The standard InChI is InChI=1S/C47H33N/c1-47(2)40-23-10-8-21-38(40)45-37-20-7-6-19-36(37)44(39-22-13-24-41(47)46(39)45)32-15-12-14-30(28-32)31-26-27-35-34-18-9-11-25-42(34)48(43(35)29-31)33-16-4-3-5-17-33/h3-29H,1-2H3. The summed E-state index contributed by atoms with van der Waals surface area (Å²) in [6.07, 6.45) is 0. The minimum Gasteiger partial charge on any atom is -0.309 e. The van der Waals surface area contributed by atoms with Gasteiger partial charge in [-0.1, -0.05) is 147 Å². The molecule has 1 aliphatic carbocycles. The molecule has 10 rings (SSSR count). The van der Waals surface area contributed by atoms with Gasteiger partial charge in [0, 0.05) is 21.9 Å². The summed E-state index contributed by atoms with van der Waals surface area (Å²) in [5, 5.41) is 7.86. The summed E-state index contributed by atoms with van der Waals surface area (Å²) in [4.78, 5) is 0. The topological polar surface area (TPSA) is 4.93 Å². The fourth-order valence-electron chi connectivity index (χ4n) is 8.59. The molecule has 0 saturated carbocycles. The van der Waals surface area contributed by atoms with Crippen LogP contribution in [0.25, 0.3) is 82.4 Å². The second-order valence-electron chi connectivity index (χ2n) is 13.7. The van der Waals surface area contributed by atoms with Crippen molar-refractivity contribution in [1.82, 2.24) is 4.57 Å². The van der Waals surface area contributed by atoms with E-state index in [1.165, 1.54) is 93.5 Å². The van der Waals surface area contributed by atoms with Crippen molar-refractivity contribution in [2.75, 3.05) is 0 Å². The first-order valence-corrected chi connectivity index (χ1v) is 16.9. The van der Waals surface area contributed by atoms with Gasteiger partial charge in [0.15, 0.2) is 0 Å². The van der Waals surface area contributed by atoms with Crippen LogP contribution in [0, 0.1) is 0 Å². The highest BCUT2D eigenvalue weighted by molar-refractivity contribution is 6.23. The Kier molecular flexibility index (Phi) is 5.69. The van der Waals surface area contributed by atoms with E-state index >= 15 is 0 Å². The normalized spacial score (nSPS) is 13.4. The van der Waals surface area contributed by atoms with E-state index in [1.807, 2.05) is 0 Å². The number of hydrogen-bond acceptors (Lipinski definition) is 0. The van der Waals surface area contributed by atoms with Crippen LogP contribution in [-0.2, 0) is 5.41 Å². The van der Waals surface area contributed by atoms with E-state index in [9.17, 15) is 0 Å². The summed E-state index contributed by atoms with van der Waals surface area (Å²) in [6, 6.07) is 60.5. The van der Waals surface area contributed by atoms with Crippen LogP contribution < -0.4 is 0 Å². The predicted octanol–water partition coefficient (Wildman–Crippen LogP) is 12.7. The number of para-hydroxylation sites is 2. The number of hydrogen-bond donors (Lipinski definition) is 0. The van der Waals surface area contributed by atoms with Crippen molar-refractivity contribution in [2.24, 2.45) is 0 Å². The third kappa shape index (κ3) is 3.73. The molecule has 0 amide bonds. The van der Waals surface area contributed by atoms with E-state index in [-0.39, 0.29) is 5.41 Å². The minimum atomic E-state index is -0.0999. The molecule has 0 saturated heterocycles. The quantitative estimate of drug-likeness (QED) is 0.175. The first-order valence-electron chi connectivity index (χ1n) is 16.9. The highest BCUT2D eigenvalue weighted by atomic mass is 15.0. The van der Waals surface area contributed by atoms with E-state index in [0.29, 0.717) is 0 Å². The molecule has 1 aliphatic rings. The van der Waals surface area contributed by atoms with E-state index in [0.717, 1.165) is 0 Å². The third-order valence-corrected chi connectivity index (χ3v) is 10.8. The van der Waals surface area contributed by atoms with Crippen molar-refractivity contribution in [3.63, 3.8) is 0 Å². The van der Waals surface area contributed by atoms with Crippen LogP contribution in [-0.4, -0.2) is 4.57 Å². The smallest absolute Gasteiger partial charge is 0.0547 e. The van der Waals surface area contributed by atoms with Crippen LogP contribution in [0.3, 0.4) is 0 Å². The second kappa shape index (κ2) is 10.0. The molecule has 48 heavy (non-hydrogen) atoms. The fourth-order valence-corrected chi connectivity index (χ4v) is 8.59. The molecular formula is C47H33N. The summed E-state index contributed by atoms with van der Waals surface area (Å²) in [6.45, 7) is 4.76. The molecule has 1 aromatic heterocycles. The van der Waals surface area contributed by atoms with Crippen LogP contribution in [0.1, 0.15) is 25.0 Å². The second-order valence-corrected chi connectivity index (χ2v) is 13.7. The maximum atomic E-state index is 2.40. The van der Waals surface area contributed by atoms with Crippen molar-refractivity contribution < 1.29 is 0 Å². The average molecular weight is 612 g/mol. The van der Waals surface area contributed by atoms with Crippen LogP contribution in [0.5, 0.6) is 0 Å². The number of fused-ring (bicyclic) bond motifs is 7. The molecule has 0 atom stereocenters. The molecule has 0 spiro atoms. The van der Waals surface area contributed by atoms with Gasteiger partial charge in [-0.25, -0.2) is 0 Å². The maximum absolute atomic E-state index is 2.40. The van der Waals surface area contributed by atoms with Gasteiger partial charge in [0.1, 0.15) is 0 Å². The third-order valence-electron chi connectivity index (χ3n) is 10.8. The van der Waals surface area contributed by atoms with Gasteiger partial charge in [0.2, 0.25) is 0 Å². The first-order chi connectivity index (χ1) is 23.6. The molecule has 0 bridgehead atoms. The molecular weight excluding hydrogens is 579 g/mol. The Morgan fingerprint density at radius 2 is 1.00 bits per heavy atom. The summed E-state index contributed by atoms with van der Waals surface area (Å²) in [7, 11) is 0. The minimum absolute atomic E-state index is 0.0999. The van der Waals surface area contributed by atoms with E-state index in [4.69, 9.17) is 0 Å². The van der Waals surface area contributed by atoms with Gasteiger partial charge in [-0.2, -0.15) is 0 Å². The van der Waals surface area contributed by atoms with E-state index in [1.54, 1.807) is 0 Å². The Morgan fingerprint density at radius 1 is 0.396 bits per heavy atom. The molecule has 0 radical (unpaired) electrons. The molecule has 1 nitrogen and oxygen atoms in total. The number of aromatic nitrogens is 1. The Labute approximate surface area is 280 Å². The van der Waals surface area contributed by atoms with Crippen molar-refractivity contribution in [3.05, 3.63) is 175 Å². The van der Waals surface area contributed by atoms with Crippen molar-refractivity contribution in [1.29, 1.82) is 0 Å². The van der Waals surface area contributed by atoms with Gasteiger partial charge in [-0.05, 0) is 96.4 Å². The molecule has 0 fully saturated rings. The van der Waals surface area contributed by atoms with Crippen molar-refractivity contribution >= 4 is 43.4 Å². The van der Waals surface area contributed by atoms with Crippen molar-refractivity contribution in [3.8, 4) is 39.1 Å². The van der Waals surface area contributed by atoms with Crippen LogP contribution >= 0.6 is 0 Å². The van der Waals surface area contributed by atoms with Gasteiger partial charge >= 0.3 is 0 Å². The molecule has 0 unspecified atom stereocenters.